The molecular formula is C15H13ClN2O2S. The summed E-state index contributed by atoms with van der Waals surface area (Å²) >= 11 is 6.00. The molecule has 0 aliphatic heterocycles. The molecule has 0 fully saturated rings. The highest BCUT2D eigenvalue weighted by molar-refractivity contribution is 7.93. The molecular weight excluding hydrogens is 308 g/mol. The zero-order valence-corrected chi connectivity index (χ0v) is 12.7. The van der Waals surface area contributed by atoms with Crippen molar-refractivity contribution in [2.75, 3.05) is 10.8 Å². The summed E-state index contributed by atoms with van der Waals surface area (Å²) in [6, 6.07) is 16.9. The van der Waals surface area contributed by atoms with Gasteiger partial charge in [-0.2, -0.15) is 5.26 Å². The third kappa shape index (κ3) is 3.35. The Kier molecular flexibility index (Phi) is 4.84. The average Bonchev–Trinajstić information content (AvgIpc) is 2.49. The van der Waals surface area contributed by atoms with Crippen molar-refractivity contribution in [2.45, 2.75) is 11.3 Å². The SMILES string of the molecule is N#CCCN(c1ccccc1)S(=O)(=O)c1ccccc1Cl. The first kappa shape index (κ1) is 15.4. The first-order valence-electron chi connectivity index (χ1n) is 6.26. The largest absolute Gasteiger partial charge is 0.265 e. The molecule has 0 aliphatic carbocycles. The Bertz CT molecular complexity index is 755. The first-order chi connectivity index (χ1) is 10.1. The lowest BCUT2D eigenvalue weighted by Gasteiger charge is -2.24. The van der Waals surface area contributed by atoms with Gasteiger partial charge in [0.2, 0.25) is 0 Å². The van der Waals surface area contributed by atoms with Crippen LogP contribution in [-0.4, -0.2) is 15.0 Å². The summed E-state index contributed by atoms with van der Waals surface area (Å²) in [5, 5.41) is 8.92. The molecule has 4 nitrogen and oxygen atoms in total. The number of para-hydroxylation sites is 1. The number of anilines is 1. The van der Waals surface area contributed by atoms with Gasteiger partial charge in [-0.15, -0.1) is 0 Å². The van der Waals surface area contributed by atoms with E-state index < -0.39 is 10.0 Å². The van der Waals surface area contributed by atoms with Gasteiger partial charge < -0.3 is 0 Å². The molecule has 0 aromatic heterocycles. The second-order valence-corrected chi connectivity index (χ2v) is 6.49. The van der Waals surface area contributed by atoms with Crippen molar-refractivity contribution in [3.05, 3.63) is 59.6 Å². The third-order valence-electron chi connectivity index (χ3n) is 2.88. The van der Waals surface area contributed by atoms with Gasteiger partial charge in [-0.25, -0.2) is 8.42 Å². The highest BCUT2D eigenvalue weighted by Crippen LogP contribution is 2.28. The fourth-order valence-corrected chi connectivity index (χ4v) is 3.87. The van der Waals surface area contributed by atoms with Crippen LogP contribution in [0.2, 0.25) is 5.02 Å². The average molecular weight is 321 g/mol. The van der Waals surface area contributed by atoms with Crippen LogP contribution in [0.1, 0.15) is 6.42 Å². The quantitative estimate of drug-likeness (QED) is 0.847. The molecule has 0 N–H and O–H groups in total. The van der Waals surface area contributed by atoms with Crippen molar-refractivity contribution in [1.29, 1.82) is 5.26 Å². The molecule has 0 spiro atoms. The van der Waals surface area contributed by atoms with Gasteiger partial charge in [0.05, 0.1) is 23.2 Å². The van der Waals surface area contributed by atoms with E-state index in [2.05, 4.69) is 0 Å². The molecule has 0 unspecified atom stereocenters. The Morgan fingerprint density at radius 3 is 2.29 bits per heavy atom. The van der Waals surface area contributed by atoms with Crippen LogP contribution >= 0.6 is 11.6 Å². The molecule has 0 aliphatic rings. The normalized spacial score (nSPS) is 10.9. The Morgan fingerprint density at radius 1 is 1.05 bits per heavy atom. The molecule has 2 aromatic carbocycles. The van der Waals surface area contributed by atoms with E-state index in [1.165, 1.54) is 16.4 Å². The van der Waals surface area contributed by atoms with Crippen molar-refractivity contribution in [1.82, 2.24) is 0 Å². The van der Waals surface area contributed by atoms with Crippen LogP contribution < -0.4 is 4.31 Å². The molecule has 6 heteroatoms. The van der Waals surface area contributed by atoms with Crippen molar-refractivity contribution in [2.24, 2.45) is 0 Å². The van der Waals surface area contributed by atoms with Gasteiger partial charge in [-0.1, -0.05) is 41.9 Å². The topological polar surface area (TPSA) is 61.2 Å². The number of sulfonamides is 1. The van der Waals surface area contributed by atoms with E-state index in [0.29, 0.717) is 5.69 Å². The molecule has 0 amide bonds. The van der Waals surface area contributed by atoms with Crippen molar-refractivity contribution < 1.29 is 8.42 Å². The summed E-state index contributed by atoms with van der Waals surface area (Å²) in [7, 11) is -3.81. The lowest BCUT2D eigenvalue weighted by molar-refractivity contribution is 0.591. The Morgan fingerprint density at radius 2 is 1.67 bits per heavy atom. The smallest absolute Gasteiger partial charge is 0.265 e. The minimum absolute atomic E-state index is 0.0356. The van der Waals surface area contributed by atoms with Gasteiger partial charge in [0, 0.05) is 6.54 Å². The Labute approximate surface area is 129 Å². The predicted molar refractivity (Wildman–Crippen MR) is 82.7 cm³/mol. The predicted octanol–water partition coefficient (Wildman–Crippen LogP) is 3.45. The zero-order valence-electron chi connectivity index (χ0n) is 11.1. The molecule has 2 aromatic rings. The monoisotopic (exact) mass is 320 g/mol. The second kappa shape index (κ2) is 6.61. The van der Waals surface area contributed by atoms with Crippen LogP contribution in [0.5, 0.6) is 0 Å². The van der Waals surface area contributed by atoms with E-state index in [9.17, 15) is 8.42 Å². The first-order valence-corrected chi connectivity index (χ1v) is 8.08. The summed E-state index contributed by atoms with van der Waals surface area (Å²) in [4.78, 5) is 0.0356. The molecule has 0 radical (unpaired) electrons. The number of hydrogen-bond acceptors (Lipinski definition) is 3. The maximum Gasteiger partial charge on any atom is 0.265 e. The Hall–Kier alpha value is -2.03. The fourth-order valence-electron chi connectivity index (χ4n) is 1.91. The molecule has 2 rings (SSSR count). The van der Waals surface area contributed by atoms with Crippen LogP contribution in [0.3, 0.4) is 0 Å². The van der Waals surface area contributed by atoms with E-state index in [1.807, 2.05) is 6.07 Å². The summed E-state index contributed by atoms with van der Waals surface area (Å²) in [5.74, 6) is 0. The lowest BCUT2D eigenvalue weighted by atomic mass is 10.3. The van der Waals surface area contributed by atoms with Gasteiger partial charge >= 0.3 is 0 Å². The van der Waals surface area contributed by atoms with Crippen molar-refractivity contribution in [3.63, 3.8) is 0 Å². The summed E-state index contributed by atoms with van der Waals surface area (Å²) < 4.78 is 26.8. The molecule has 0 heterocycles. The minimum Gasteiger partial charge on any atom is -0.265 e. The van der Waals surface area contributed by atoms with Crippen LogP contribution in [0.4, 0.5) is 5.69 Å². The second-order valence-electron chi connectivity index (χ2n) is 4.25. The van der Waals surface area contributed by atoms with Crippen molar-refractivity contribution in [3.8, 4) is 6.07 Å². The number of halogens is 1. The molecule has 0 saturated heterocycles. The van der Waals surface area contributed by atoms with Crippen LogP contribution in [0.15, 0.2) is 59.5 Å². The molecule has 0 saturated carbocycles. The molecule has 21 heavy (non-hydrogen) atoms. The van der Waals surface area contributed by atoms with Gasteiger partial charge in [-0.3, -0.25) is 4.31 Å². The van der Waals surface area contributed by atoms with Gasteiger partial charge in [0.25, 0.3) is 10.0 Å². The maximum atomic E-state index is 12.8. The van der Waals surface area contributed by atoms with Gasteiger partial charge in [0.15, 0.2) is 0 Å². The van der Waals surface area contributed by atoms with Gasteiger partial charge in [-0.05, 0) is 24.3 Å². The number of nitrogens with zero attached hydrogens (tertiary/aromatic N) is 2. The summed E-state index contributed by atoms with van der Waals surface area (Å²) in [6.45, 7) is 0.0775. The van der Waals surface area contributed by atoms with E-state index >= 15 is 0 Å². The van der Waals surface area contributed by atoms with Crippen LogP contribution in [-0.2, 0) is 10.0 Å². The number of nitriles is 1. The standard InChI is InChI=1S/C15H13ClN2O2S/c16-14-9-4-5-10-15(14)21(19,20)18(12-6-11-17)13-7-2-1-3-8-13/h1-5,7-10H,6,12H2. The lowest BCUT2D eigenvalue weighted by Crippen LogP contribution is -2.32. The number of benzene rings is 2. The van der Waals surface area contributed by atoms with Gasteiger partial charge in [0.1, 0.15) is 4.90 Å². The third-order valence-corrected chi connectivity index (χ3v) is 5.20. The Balaban J connectivity index is 2.51. The van der Waals surface area contributed by atoms with E-state index in [1.54, 1.807) is 42.5 Å². The van der Waals surface area contributed by atoms with E-state index in [0.717, 1.165) is 0 Å². The molecule has 108 valence electrons. The van der Waals surface area contributed by atoms with Crippen LogP contribution in [0.25, 0.3) is 0 Å². The highest BCUT2D eigenvalue weighted by atomic mass is 35.5. The summed E-state index contributed by atoms with van der Waals surface area (Å²) in [6.07, 6.45) is 0.0958. The molecule has 0 bridgehead atoms. The number of hydrogen-bond donors (Lipinski definition) is 0. The highest BCUT2D eigenvalue weighted by Gasteiger charge is 2.26. The number of rotatable bonds is 5. The van der Waals surface area contributed by atoms with E-state index in [4.69, 9.17) is 16.9 Å². The van der Waals surface area contributed by atoms with Crippen molar-refractivity contribution >= 4 is 27.3 Å². The fraction of sp³-hybridized carbons (Fsp3) is 0.133. The minimum atomic E-state index is -3.81. The zero-order chi connectivity index (χ0) is 15.3. The van der Waals surface area contributed by atoms with Crippen LogP contribution in [0, 0.1) is 11.3 Å². The van der Waals surface area contributed by atoms with E-state index in [-0.39, 0.29) is 22.9 Å². The molecule has 0 atom stereocenters. The summed E-state index contributed by atoms with van der Waals surface area (Å²) in [5.41, 5.74) is 0.507. The maximum absolute atomic E-state index is 12.8.